The van der Waals surface area contributed by atoms with E-state index in [1.54, 1.807) is 17.5 Å². The van der Waals surface area contributed by atoms with Gasteiger partial charge in [-0.05, 0) is 43.9 Å². The van der Waals surface area contributed by atoms with Gasteiger partial charge in [0.2, 0.25) is 0 Å². The maximum absolute atomic E-state index is 9.09. The Hall–Kier alpha value is -1.30. The molecule has 3 heterocycles. The molecule has 1 saturated heterocycles. The second kappa shape index (κ2) is 7.11. The molecule has 1 atom stereocenters. The normalized spacial score (nSPS) is 19.8. The molecule has 112 valence electrons. The van der Waals surface area contributed by atoms with Gasteiger partial charge in [-0.3, -0.25) is 9.88 Å². The third kappa shape index (κ3) is 3.87. The Bertz CT molecular complexity index is 556. The first kappa shape index (κ1) is 14.6. The van der Waals surface area contributed by atoms with Crippen molar-refractivity contribution in [2.75, 3.05) is 19.7 Å². The number of hydrogen-bond donors (Lipinski definition) is 1. The molecule has 0 saturated carbocycles. The summed E-state index contributed by atoms with van der Waals surface area (Å²) in [6.45, 7) is 3.43. The van der Waals surface area contributed by atoms with Gasteiger partial charge in [0.1, 0.15) is 5.01 Å². The first-order valence-corrected chi connectivity index (χ1v) is 8.42. The molecule has 0 spiro atoms. The van der Waals surface area contributed by atoms with E-state index in [-0.39, 0.29) is 0 Å². The fourth-order valence-electron chi connectivity index (χ4n) is 2.93. The lowest BCUT2D eigenvalue weighted by Crippen LogP contribution is -2.35. The molecule has 2 aromatic heterocycles. The number of pyridine rings is 1. The fourth-order valence-corrected chi connectivity index (χ4v) is 3.72. The topological polar surface area (TPSA) is 49.2 Å². The van der Waals surface area contributed by atoms with Gasteiger partial charge in [-0.2, -0.15) is 0 Å². The molecule has 3 rings (SSSR count). The van der Waals surface area contributed by atoms with Crippen molar-refractivity contribution in [1.29, 1.82) is 0 Å². The molecule has 0 bridgehead atoms. The van der Waals surface area contributed by atoms with Crippen molar-refractivity contribution in [3.8, 4) is 10.7 Å². The Morgan fingerprint density at radius 1 is 1.38 bits per heavy atom. The van der Waals surface area contributed by atoms with Crippen molar-refractivity contribution in [3.63, 3.8) is 0 Å². The average Bonchev–Trinajstić information content (AvgIpc) is 2.97. The van der Waals surface area contributed by atoms with Gasteiger partial charge in [0.25, 0.3) is 0 Å². The number of aliphatic hydroxyl groups excluding tert-OH is 1. The lowest BCUT2D eigenvalue weighted by Gasteiger charge is -2.31. The summed E-state index contributed by atoms with van der Waals surface area (Å²) in [7, 11) is 0. The predicted molar refractivity (Wildman–Crippen MR) is 85.0 cm³/mol. The molecule has 1 N–H and O–H groups in total. The van der Waals surface area contributed by atoms with Crippen molar-refractivity contribution in [1.82, 2.24) is 14.9 Å². The molecule has 4 nitrogen and oxygen atoms in total. The summed E-state index contributed by atoms with van der Waals surface area (Å²) >= 11 is 1.66. The van der Waals surface area contributed by atoms with E-state index in [1.165, 1.54) is 12.8 Å². The SMILES string of the molecule is OCCC1CCCN(Cc2csc(-c3ccccn3)n2)C1. The zero-order valence-electron chi connectivity index (χ0n) is 12.1. The summed E-state index contributed by atoms with van der Waals surface area (Å²) in [6.07, 6.45) is 5.20. The molecule has 1 aliphatic rings. The highest BCUT2D eigenvalue weighted by Crippen LogP contribution is 2.24. The quantitative estimate of drug-likeness (QED) is 0.923. The zero-order chi connectivity index (χ0) is 14.5. The standard InChI is InChI=1S/C16H21N3OS/c20-9-6-13-4-3-8-19(10-13)11-14-12-21-16(18-14)15-5-1-2-7-17-15/h1-2,5,7,12-13,20H,3-4,6,8-11H2. The van der Waals surface area contributed by atoms with Gasteiger partial charge >= 0.3 is 0 Å². The van der Waals surface area contributed by atoms with Gasteiger partial charge in [-0.25, -0.2) is 4.98 Å². The summed E-state index contributed by atoms with van der Waals surface area (Å²) in [5.41, 5.74) is 2.08. The lowest BCUT2D eigenvalue weighted by atomic mass is 9.95. The summed E-state index contributed by atoms with van der Waals surface area (Å²) in [6, 6.07) is 5.92. The van der Waals surface area contributed by atoms with Crippen molar-refractivity contribution in [3.05, 3.63) is 35.5 Å². The van der Waals surface area contributed by atoms with E-state index >= 15 is 0 Å². The highest BCUT2D eigenvalue weighted by molar-refractivity contribution is 7.13. The maximum atomic E-state index is 9.09. The van der Waals surface area contributed by atoms with Crippen LogP contribution in [0.3, 0.4) is 0 Å². The van der Waals surface area contributed by atoms with Gasteiger partial charge < -0.3 is 5.11 Å². The Morgan fingerprint density at radius 3 is 3.14 bits per heavy atom. The van der Waals surface area contributed by atoms with Crippen molar-refractivity contribution >= 4 is 11.3 Å². The van der Waals surface area contributed by atoms with Crippen LogP contribution in [0, 0.1) is 5.92 Å². The lowest BCUT2D eigenvalue weighted by molar-refractivity contribution is 0.141. The molecule has 0 aromatic carbocycles. The van der Waals surface area contributed by atoms with Crippen LogP contribution in [-0.2, 0) is 6.54 Å². The van der Waals surface area contributed by atoms with Gasteiger partial charge in [-0.15, -0.1) is 11.3 Å². The van der Waals surface area contributed by atoms with Gasteiger partial charge in [0.15, 0.2) is 0 Å². The van der Waals surface area contributed by atoms with Crippen LogP contribution in [0.1, 0.15) is 25.0 Å². The van der Waals surface area contributed by atoms with E-state index in [1.807, 2.05) is 18.2 Å². The van der Waals surface area contributed by atoms with Crippen LogP contribution in [0.4, 0.5) is 0 Å². The Balaban J connectivity index is 1.62. The second-order valence-electron chi connectivity index (χ2n) is 5.61. The molecule has 1 unspecified atom stereocenters. The summed E-state index contributed by atoms with van der Waals surface area (Å²) in [5, 5.41) is 12.2. The van der Waals surface area contributed by atoms with Crippen LogP contribution in [0.2, 0.25) is 0 Å². The third-order valence-corrected chi connectivity index (χ3v) is 4.88. The second-order valence-corrected chi connectivity index (χ2v) is 6.47. The van der Waals surface area contributed by atoms with Crippen LogP contribution in [-0.4, -0.2) is 39.7 Å². The number of likely N-dealkylation sites (tertiary alicyclic amines) is 1. The first-order valence-electron chi connectivity index (χ1n) is 7.54. The van der Waals surface area contributed by atoms with Gasteiger partial charge in [-0.1, -0.05) is 6.07 Å². The van der Waals surface area contributed by atoms with E-state index in [0.29, 0.717) is 12.5 Å². The number of rotatable bonds is 5. The molecule has 5 heteroatoms. The van der Waals surface area contributed by atoms with Gasteiger partial charge in [0.05, 0.1) is 11.4 Å². The Labute approximate surface area is 129 Å². The van der Waals surface area contributed by atoms with E-state index in [9.17, 15) is 0 Å². The molecular weight excluding hydrogens is 282 g/mol. The van der Waals surface area contributed by atoms with Crippen LogP contribution in [0.25, 0.3) is 10.7 Å². The molecular formula is C16H21N3OS. The van der Waals surface area contributed by atoms with Crippen molar-refractivity contribution in [2.45, 2.75) is 25.8 Å². The smallest absolute Gasteiger partial charge is 0.142 e. The average molecular weight is 303 g/mol. The number of piperidine rings is 1. The van der Waals surface area contributed by atoms with E-state index in [4.69, 9.17) is 10.1 Å². The van der Waals surface area contributed by atoms with Crippen LogP contribution in [0.15, 0.2) is 29.8 Å². The number of thiazole rings is 1. The van der Waals surface area contributed by atoms with Crippen molar-refractivity contribution < 1.29 is 5.11 Å². The zero-order valence-corrected chi connectivity index (χ0v) is 12.9. The van der Waals surface area contributed by atoms with E-state index < -0.39 is 0 Å². The van der Waals surface area contributed by atoms with E-state index in [2.05, 4.69) is 15.3 Å². The van der Waals surface area contributed by atoms with Crippen molar-refractivity contribution in [2.24, 2.45) is 5.92 Å². The maximum Gasteiger partial charge on any atom is 0.142 e. The Kier molecular flexibility index (Phi) is 4.95. The molecule has 0 radical (unpaired) electrons. The van der Waals surface area contributed by atoms with Gasteiger partial charge in [0, 0.05) is 31.3 Å². The molecule has 2 aromatic rings. The molecule has 0 amide bonds. The first-order chi connectivity index (χ1) is 10.3. The molecule has 1 aliphatic heterocycles. The predicted octanol–water partition coefficient (Wildman–Crippen LogP) is 2.80. The summed E-state index contributed by atoms with van der Waals surface area (Å²) in [4.78, 5) is 11.5. The van der Waals surface area contributed by atoms with Crippen LogP contribution >= 0.6 is 11.3 Å². The highest BCUT2D eigenvalue weighted by Gasteiger charge is 2.20. The minimum atomic E-state index is 0.305. The monoisotopic (exact) mass is 303 g/mol. The number of aromatic nitrogens is 2. The highest BCUT2D eigenvalue weighted by atomic mass is 32.1. The number of hydrogen-bond acceptors (Lipinski definition) is 5. The molecule has 0 aliphatic carbocycles. The minimum Gasteiger partial charge on any atom is -0.396 e. The number of aliphatic hydroxyl groups is 1. The fraction of sp³-hybridized carbons (Fsp3) is 0.500. The molecule has 1 fully saturated rings. The minimum absolute atomic E-state index is 0.305. The number of nitrogens with zero attached hydrogens (tertiary/aromatic N) is 3. The summed E-state index contributed by atoms with van der Waals surface area (Å²) in [5.74, 6) is 0.637. The third-order valence-electron chi connectivity index (χ3n) is 3.96. The largest absolute Gasteiger partial charge is 0.396 e. The van der Waals surface area contributed by atoms with Crippen LogP contribution in [0.5, 0.6) is 0 Å². The van der Waals surface area contributed by atoms with E-state index in [0.717, 1.165) is 42.5 Å². The molecule has 21 heavy (non-hydrogen) atoms. The Morgan fingerprint density at radius 2 is 2.33 bits per heavy atom. The van der Waals surface area contributed by atoms with Crippen LogP contribution < -0.4 is 0 Å². The summed E-state index contributed by atoms with van der Waals surface area (Å²) < 4.78 is 0.